The van der Waals surface area contributed by atoms with Gasteiger partial charge in [-0.3, -0.25) is 9.58 Å². The molecule has 0 saturated carbocycles. The Morgan fingerprint density at radius 2 is 2.22 bits per heavy atom. The predicted molar refractivity (Wildman–Crippen MR) is 74.5 cm³/mol. The van der Waals surface area contributed by atoms with Gasteiger partial charge in [0.1, 0.15) is 0 Å². The number of hydrogen-bond donors (Lipinski definition) is 1. The van der Waals surface area contributed by atoms with Gasteiger partial charge in [-0.05, 0) is 18.4 Å². The van der Waals surface area contributed by atoms with Crippen LogP contribution in [-0.2, 0) is 6.54 Å². The number of aromatic nitrogens is 2. The van der Waals surface area contributed by atoms with Crippen LogP contribution in [0.5, 0.6) is 0 Å². The van der Waals surface area contributed by atoms with Gasteiger partial charge in [0.15, 0.2) is 0 Å². The van der Waals surface area contributed by atoms with E-state index in [1.54, 1.807) is 0 Å². The minimum Gasteiger partial charge on any atom is -0.311 e. The van der Waals surface area contributed by atoms with Crippen LogP contribution in [0.2, 0.25) is 0 Å². The van der Waals surface area contributed by atoms with E-state index in [1.165, 1.54) is 6.42 Å². The number of rotatable bonds is 5. The van der Waals surface area contributed by atoms with Crippen molar-refractivity contribution in [3.05, 3.63) is 18.5 Å². The minimum atomic E-state index is 0.630. The molecule has 1 N–H and O–H groups in total. The van der Waals surface area contributed by atoms with Crippen molar-refractivity contribution in [1.82, 2.24) is 20.0 Å². The Bertz CT molecular complexity index is 334. The standard InChI is InChI=1S/C14H26N4/c1-4-13-10-15-14(12(2)3)11-17(13)8-9-18-7-5-6-16-18/h5-7,12-15H,4,8-11H2,1-3H3. The Kier molecular flexibility index (Phi) is 4.78. The van der Waals surface area contributed by atoms with Crippen molar-refractivity contribution >= 4 is 0 Å². The number of nitrogens with zero attached hydrogens (tertiary/aromatic N) is 3. The first-order valence-electron chi connectivity index (χ1n) is 7.15. The van der Waals surface area contributed by atoms with Gasteiger partial charge < -0.3 is 5.32 Å². The molecule has 4 heteroatoms. The lowest BCUT2D eigenvalue weighted by molar-refractivity contribution is 0.105. The van der Waals surface area contributed by atoms with Crippen LogP contribution in [0.15, 0.2) is 18.5 Å². The highest BCUT2D eigenvalue weighted by atomic mass is 15.3. The largest absolute Gasteiger partial charge is 0.311 e. The van der Waals surface area contributed by atoms with Gasteiger partial charge in [0.05, 0.1) is 6.54 Å². The van der Waals surface area contributed by atoms with E-state index in [0.29, 0.717) is 18.0 Å². The molecule has 18 heavy (non-hydrogen) atoms. The van der Waals surface area contributed by atoms with Gasteiger partial charge in [0.25, 0.3) is 0 Å². The Morgan fingerprint density at radius 1 is 1.39 bits per heavy atom. The second-order valence-electron chi connectivity index (χ2n) is 5.58. The van der Waals surface area contributed by atoms with E-state index in [9.17, 15) is 0 Å². The molecule has 2 heterocycles. The molecule has 1 aliphatic rings. The van der Waals surface area contributed by atoms with E-state index in [-0.39, 0.29) is 0 Å². The van der Waals surface area contributed by atoms with Crippen LogP contribution in [0.4, 0.5) is 0 Å². The van der Waals surface area contributed by atoms with Crippen LogP contribution in [-0.4, -0.2) is 46.4 Å². The van der Waals surface area contributed by atoms with Gasteiger partial charge in [0.2, 0.25) is 0 Å². The fourth-order valence-corrected chi connectivity index (χ4v) is 2.67. The van der Waals surface area contributed by atoms with Crippen LogP contribution >= 0.6 is 0 Å². The molecule has 102 valence electrons. The zero-order chi connectivity index (χ0) is 13.0. The number of piperazine rings is 1. The first-order chi connectivity index (χ1) is 8.70. The Hall–Kier alpha value is -0.870. The van der Waals surface area contributed by atoms with E-state index in [1.807, 2.05) is 23.1 Å². The van der Waals surface area contributed by atoms with Crippen molar-refractivity contribution in [3.8, 4) is 0 Å². The molecule has 0 amide bonds. The van der Waals surface area contributed by atoms with Crippen molar-refractivity contribution < 1.29 is 0 Å². The highest BCUT2D eigenvalue weighted by Gasteiger charge is 2.27. The van der Waals surface area contributed by atoms with Crippen LogP contribution in [0.1, 0.15) is 27.2 Å². The third kappa shape index (κ3) is 3.33. The fraction of sp³-hybridized carbons (Fsp3) is 0.786. The second kappa shape index (κ2) is 6.34. The lowest BCUT2D eigenvalue weighted by Crippen LogP contribution is -2.58. The van der Waals surface area contributed by atoms with Gasteiger partial charge in [-0.15, -0.1) is 0 Å². The molecule has 1 fully saturated rings. The predicted octanol–water partition coefficient (Wildman–Crippen LogP) is 1.59. The van der Waals surface area contributed by atoms with Gasteiger partial charge >= 0.3 is 0 Å². The Balaban J connectivity index is 1.89. The first kappa shape index (κ1) is 13.6. The molecular weight excluding hydrogens is 224 g/mol. The quantitative estimate of drug-likeness (QED) is 0.861. The second-order valence-corrected chi connectivity index (χ2v) is 5.58. The summed E-state index contributed by atoms with van der Waals surface area (Å²) in [5.74, 6) is 0.704. The van der Waals surface area contributed by atoms with E-state index in [2.05, 4.69) is 36.1 Å². The van der Waals surface area contributed by atoms with Crippen molar-refractivity contribution in [1.29, 1.82) is 0 Å². The molecule has 0 bridgehead atoms. The maximum atomic E-state index is 4.28. The molecule has 2 rings (SSSR count). The lowest BCUT2D eigenvalue weighted by atomic mass is 9.98. The van der Waals surface area contributed by atoms with Gasteiger partial charge in [-0.1, -0.05) is 20.8 Å². The van der Waals surface area contributed by atoms with Gasteiger partial charge in [-0.25, -0.2) is 0 Å². The smallest absolute Gasteiger partial charge is 0.0536 e. The van der Waals surface area contributed by atoms with E-state index in [4.69, 9.17) is 0 Å². The molecule has 4 nitrogen and oxygen atoms in total. The summed E-state index contributed by atoms with van der Waals surface area (Å²) in [6, 6.07) is 3.30. The summed E-state index contributed by atoms with van der Waals surface area (Å²) in [6.07, 6.45) is 5.12. The van der Waals surface area contributed by atoms with Gasteiger partial charge in [0, 0.05) is 44.1 Å². The molecule has 2 unspecified atom stereocenters. The van der Waals surface area contributed by atoms with Crippen molar-refractivity contribution in [2.24, 2.45) is 5.92 Å². The third-order valence-electron chi connectivity index (χ3n) is 4.01. The van der Waals surface area contributed by atoms with Crippen LogP contribution in [0.3, 0.4) is 0 Å². The third-order valence-corrected chi connectivity index (χ3v) is 4.01. The van der Waals surface area contributed by atoms with E-state index in [0.717, 1.165) is 26.2 Å². The van der Waals surface area contributed by atoms with Crippen LogP contribution in [0.25, 0.3) is 0 Å². The summed E-state index contributed by atoms with van der Waals surface area (Å²) < 4.78 is 2.03. The molecule has 2 atom stereocenters. The lowest BCUT2D eigenvalue weighted by Gasteiger charge is -2.41. The van der Waals surface area contributed by atoms with Crippen molar-refractivity contribution in [3.63, 3.8) is 0 Å². The summed E-state index contributed by atoms with van der Waals surface area (Å²) >= 11 is 0. The maximum Gasteiger partial charge on any atom is 0.0536 e. The summed E-state index contributed by atoms with van der Waals surface area (Å²) in [6.45, 7) is 11.3. The molecule has 0 spiro atoms. The maximum absolute atomic E-state index is 4.28. The molecular formula is C14H26N4. The summed E-state index contributed by atoms with van der Waals surface area (Å²) in [5, 5.41) is 7.96. The topological polar surface area (TPSA) is 33.1 Å². The summed E-state index contributed by atoms with van der Waals surface area (Å²) in [5.41, 5.74) is 0. The average Bonchev–Trinajstić information content (AvgIpc) is 2.89. The normalized spacial score (nSPS) is 25.8. The molecule has 1 aromatic rings. The molecule has 0 aromatic carbocycles. The monoisotopic (exact) mass is 250 g/mol. The van der Waals surface area contributed by atoms with Gasteiger partial charge in [-0.2, -0.15) is 5.10 Å². The van der Waals surface area contributed by atoms with E-state index < -0.39 is 0 Å². The van der Waals surface area contributed by atoms with Crippen molar-refractivity contribution in [2.75, 3.05) is 19.6 Å². The molecule has 0 radical (unpaired) electrons. The highest BCUT2D eigenvalue weighted by molar-refractivity contribution is 4.87. The number of hydrogen-bond acceptors (Lipinski definition) is 3. The zero-order valence-electron chi connectivity index (χ0n) is 11.8. The highest BCUT2D eigenvalue weighted by Crippen LogP contribution is 2.14. The average molecular weight is 250 g/mol. The number of nitrogens with one attached hydrogen (secondary N) is 1. The summed E-state index contributed by atoms with van der Waals surface area (Å²) in [7, 11) is 0. The summed E-state index contributed by atoms with van der Waals surface area (Å²) in [4.78, 5) is 2.63. The Morgan fingerprint density at radius 3 is 2.83 bits per heavy atom. The SMILES string of the molecule is CCC1CNC(C(C)C)CN1CCn1cccn1. The Labute approximate surface area is 110 Å². The molecule has 1 aliphatic heterocycles. The zero-order valence-corrected chi connectivity index (χ0v) is 11.8. The molecule has 1 saturated heterocycles. The van der Waals surface area contributed by atoms with Crippen LogP contribution in [0, 0.1) is 5.92 Å². The van der Waals surface area contributed by atoms with Crippen LogP contribution < -0.4 is 5.32 Å². The van der Waals surface area contributed by atoms with Crippen molar-refractivity contribution in [2.45, 2.75) is 45.8 Å². The first-order valence-corrected chi connectivity index (χ1v) is 7.15. The molecule has 1 aromatic heterocycles. The minimum absolute atomic E-state index is 0.630. The fourth-order valence-electron chi connectivity index (χ4n) is 2.67. The molecule has 0 aliphatic carbocycles. The van der Waals surface area contributed by atoms with E-state index >= 15 is 0 Å².